The molecule has 0 atom stereocenters. The van der Waals surface area contributed by atoms with Gasteiger partial charge in [0.05, 0.1) is 5.75 Å². The van der Waals surface area contributed by atoms with Crippen LogP contribution < -0.4 is 5.32 Å². The van der Waals surface area contributed by atoms with Crippen LogP contribution in [-0.2, 0) is 18.0 Å². The van der Waals surface area contributed by atoms with E-state index in [2.05, 4.69) is 40.6 Å². The van der Waals surface area contributed by atoms with Crippen LogP contribution in [0.25, 0.3) is 0 Å². The van der Waals surface area contributed by atoms with E-state index in [-0.39, 0.29) is 16.8 Å². The molecule has 2 aromatic carbocycles. The number of aryl methyl sites for hydroxylation is 2. The van der Waals surface area contributed by atoms with Crippen LogP contribution in [0.4, 0.5) is 18.9 Å². The molecule has 3 aromatic rings. The number of carbonyl (C=O) groups excluding carboxylic acids is 1. The van der Waals surface area contributed by atoms with Crippen molar-refractivity contribution in [3.63, 3.8) is 0 Å². The molecule has 1 amide bonds. The molecule has 3 rings (SSSR count). The van der Waals surface area contributed by atoms with E-state index < -0.39 is 12.0 Å². The average Bonchev–Trinajstić information content (AvgIpc) is 3.05. The van der Waals surface area contributed by atoms with E-state index in [1.807, 2.05) is 19.1 Å². The zero-order valence-corrected chi connectivity index (χ0v) is 18.1. The highest BCUT2D eigenvalue weighted by Gasteiger charge is 2.37. The third kappa shape index (κ3) is 5.57. The number of rotatable bonds is 6. The second-order valence-corrected chi connectivity index (χ2v) is 8.65. The molecule has 1 aromatic heterocycles. The third-order valence-corrected chi connectivity index (χ3v) is 6.32. The summed E-state index contributed by atoms with van der Waals surface area (Å²) in [6.45, 7) is 4.11. The van der Waals surface area contributed by atoms with E-state index in [0.717, 1.165) is 21.2 Å². The Hall–Kier alpha value is -2.46. The molecule has 1 N–H and O–H groups in total. The molecular weight excluding hydrogens is 433 g/mol. The van der Waals surface area contributed by atoms with Crippen molar-refractivity contribution in [2.75, 3.05) is 11.1 Å². The van der Waals surface area contributed by atoms with Gasteiger partial charge in [-0.05, 0) is 55.3 Å². The number of aromatic nitrogens is 3. The summed E-state index contributed by atoms with van der Waals surface area (Å²) in [6.07, 6.45) is -4.58. The lowest BCUT2D eigenvalue weighted by atomic mass is 10.2. The molecule has 158 valence electrons. The zero-order chi connectivity index (χ0) is 21.9. The van der Waals surface area contributed by atoms with Crippen LogP contribution in [0.3, 0.4) is 0 Å². The molecule has 0 unspecified atom stereocenters. The van der Waals surface area contributed by atoms with E-state index >= 15 is 0 Å². The molecule has 30 heavy (non-hydrogen) atoms. The largest absolute Gasteiger partial charge is 0.451 e. The van der Waals surface area contributed by atoms with Crippen LogP contribution in [0, 0.1) is 13.8 Å². The number of nitrogens with one attached hydrogen (secondary N) is 1. The Morgan fingerprint density at radius 1 is 1.10 bits per heavy atom. The van der Waals surface area contributed by atoms with E-state index in [9.17, 15) is 18.0 Å². The van der Waals surface area contributed by atoms with Gasteiger partial charge in [-0.3, -0.25) is 4.79 Å². The van der Waals surface area contributed by atoms with Crippen LogP contribution in [0.5, 0.6) is 0 Å². The van der Waals surface area contributed by atoms with Crippen LogP contribution in [-0.4, -0.2) is 26.4 Å². The van der Waals surface area contributed by atoms with Gasteiger partial charge in [0.25, 0.3) is 0 Å². The molecule has 0 radical (unpaired) electrons. The van der Waals surface area contributed by atoms with Gasteiger partial charge < -0.3 is 9.88 Å². The topological polar surface area (TPSA) is 59.8 Å². The predicted molar refractivity (Wildman–Crippen MR) is 112 cm³/mol. The monoisotopic (exact) mass is 452 g/mol. The Labute approximate surface area is 180 Å². The molecule has 0 saturated heterocycles. The highest BCUT2D eigenvalue weighted by molar-refractivity contribution is 7.99. The number of hydrogen-bond donors (Lipinski definition) is 1. The van der Waals surface area contributed by atoms with Crippen molar-refractivity contribution in [1.82, 2.24) is 14.8 Å². The van der Waals surface area contributed by atoms with Crippen molar-refractivity contribution in [1.29, 1.82) is 0 Å². The fourth-order valence-electron chi connectivity index (χ4n) is 2.57. The molecule has 0 spiro atoms. The van der Waals surface area contributed by atoms with Gasteiger partial charge in [0.15, 0.2) is 5.16 Å². The number of nitrogens with zero attached hydrogens (tertiary/aromatic N) is 3. The molecule has 1 heterocycles. The summed E-state index contributed by atoms with van der Waals surface area (Å²) < 4.78 is 39.1. The van der Waals surface area contributed by atoms with Crippen molar-refractivity contribution < 1.29 is 18.0 Å². The molecule has 0 saturated carbocycles. The fourth-order valence-corrected chi connectivity index (χ4v) is 4.28. The average molecular weight is 453 g/mol. The molecular formula is C20H19F3N4OS2. The number of anilines is 1. The second kappa shape index (κ2) is 9.13. The van der Waals surface area contributed by atoms with Gasteiger partial charge in [0.2, 0.25) is 11.7 Å². The summed E-state index contributed by atoms with van der Waals surface area (Å²) >= 11 is 2.54. The maximum atomic E-state index is 12.7. The number of hydrogen-bond acceptors (Lipinski definition) is 5. The highest BCUT2D eigenvalue weighted by atomic mass is 32.2. The highest BCUT2D eigenvalue weighted by Crippen LogP contribution is 2.32. The summed E-state index contributed by atoms with van der Waals surface area (Å²) in [6, 6.07) is 13.7. The van der Waals surface area contributed by atoms with Crippen molar-refractivity contribution in [2.45, 2.75) is 35.0 Å². The summed E-state index contributed by atoms with van der Waals surface area (Å²) in [5.74, 6) is -1.52. The summed E-state index contributed by atoms with van der Waals surface area (Å²) in [5.41, 5.74) is 2.99. The number of amides is 1. The lowest BCUT2D eigenvalue weighted by Crippen LogP contribution is -2.15. The first kappa shape index (κ1) is 22.2. The molecule has 10 heteroatoms. The van der Waals surface area contributed by atoms with Gasteiger partial charge in [-0.25, -0.2) is 0 Å². The normalized spacial score (nSPS) is 11.5. The molecule has 0 fully saturated rings. The molecule has 0 aliphatic heterocycles. The van der Waals surface area contributed by atoms with Gasteiger partial charge in [0.1, 0.15) is 0 Å². The number of benzene rings is 2. The summed E-state index contributed by atoms with van der Waals surface area (Å²) in [5, 5.41) is 9.39. The first-order chi connectivity index (χ1) is 14.1. The lowest BCUT2D eigenvalue weighted by Gasteiger charge is -2.09. The van der Waals surface area contributed by atoms with Crippen LogP contribution in [0.1, 0.15) is 17.0 Å². The minimum Gasteiger partial charge on any atom is -0.325 e. The zero-order valence-electron chi connectivity index (χ0n) is 16.4. The van der Waals surface area contributed by atoms with Gasteiger partial charge in [-0.2, -0.15) is 13.2 Å². The molecule has 5 nitrogen and oxygen atoms in total. The standard InChI is InChI=1S/C20H19F3N4OS2/c1-12-4-5-13(2)16(10-12)30-15-8-6-14(7-9-15)24-17(28)11-29-19-26-25-18(27(19)3)20(21,22)23/h4-10H,11H2,1-3H3,(H,24,28). The second-order valence-electron chi connectivity index (χ2n) is 6.60. The Bertz CT molecular complexity index is 1050. The molecule has 0 aliphatic rings. The first-order valence-electron chi connectivity index (χ1n) is 8.88. The van der Waals surface area contributed by atoms with Gasteiger partial charge in [-0.15, -0.1) is 10.2 Å². The summed E-state index contributed by atoms with van der Waals surface area (Å²) in [7, 11) is 1.22. The first-order valence-corrected chi connectivity index (χ1v) is 10.7. The maximum Gasteiger partial charge on any atom is 0.451 e. The number of carbonyl (C=O) groups is 1. The fraction of sp³-hybridized carbons (Fsp3) is 0.250. The quantitative estimate of drug-likeness (QED) is 0.512. The van der Waals surface area contributed by atoms with E-state index in [4.69, 9.17) is 0 Å². The molecule has 0 bridgehead atoms. The number of alkyl halides is 3. The Balaban J connectivity index is 1.56. The lowest BCUT2D eigenvalue weighted by molar-refractivity contribution is -0.147. The number of halogens is 3. The maximum absolute atomic E-state index is 12.7. The van der Waals surface area contributed by atoms with E-state index in [0.29, 0.717) is 5.69 Å². The van der Waals surface area contributed by atoms with E-state index in [1.54, 1.807) is 23.9 Å². The predicted octanol–water partition coefficient (Wildman–Crippen LogP) is 5.33. The van der Waals surface area contributed by atoms with Gasteiger partial charge in [0, 0.05) is 22.5 Å². The number of thioether (sulfide) groups is 1. The Kier molecular flexibility index (Phi) is 6.77. The van der Waals surface area contributed by atoms with Crippen LogP contribution >= 0.6 is 23.5 Å². The smallest absolute Gasteiger partial charge is 0.325 e. The van der Waals surface area contributed by atoms with E-state index in [1.165, 1.54) is 23.1 Å². The Morgan fingerprint density at radius 2 is 1.80 bits per heavy atom. The molecule has 0 aliphatic carbocycles. The summed E-state index contributed by atoms with van der Waals surface area (Å²) in [4.78, 5) is 14.4. The van der Waals surface area contributed by atoms with Crippen molar-refractivity contribution in [3.05, 3.63) is 59.4 Å². The van der Waals surface area contributed by atoms with Gasteiger partial charge in [-0.1, -0.05) is 35.7 Å². The Morgan fingerprint density at radius 3 is 2.43 bits per heavy atom. The minimum atomic E-state index is -4.58. The van der Waals surface area contributed by atoms with Crippen LogP contribution in [0.2, 0.25) is 0 Å². The van der Waals surface area contributed by atoms with Crippen molar-refractivity contribution in [3.8, 4) is 0 Å². The van der Waals surface area contributed by atoms with Crippen LogP contribution in [0.15, 0.2) is 57.4 Å². The van der Waals surface area contributed by atoms with Crippen molar-refractivity contribution in [2.24, 2.45) is 7.05 Å². The third-order valence-electron chi connectivity index (χ3n) is 4.13. The SMILES string of the molecule is Cc1ccc(C)c(Sc2ccc(NC(=O)CSc3nnc(C(F)(F)F)n3C)cc2)c1. The van der Waals surface area contributed by atoms with Gasteiger partial charge >= 0.3 is 6.18 Å². The van der Waals surface area contributed by atoms with Crippen molar-refractivity contribution >= 4 is 35.1 Å². The minimum absolute atomic E-state index is 0.0257.